The van der Waals surface area contributed by atoms with Gasteiger partial charge in [0, 0.05) is 24.7 Å². The Hall–Kier alpha value is -3.31. The third-order valence-corrected chi connectivity index (χ3v) is 8.32. The maximum absolute atomic E-state index is 13.3. The highest BCUT2D eigenvalue weighted by Crippen LogP contribution is 2.46. The Morgan fingerprint density at radius 2 is 1.50 bits per heavy atom. The Labute approximate surface area is 214 Å². The van der Waals surface area contributed by atoms with E-state index in [1.165, 1.54) is 12.8 Å². The van der Waals surface area contributed by atoms with E-state index in [0.29, 0.717) is 6.42 Å². The normalized spacial score (nSPS) is 17.9. The first kappa shape index (κ1) is 24.4. The summed E-state index contributed by atoms with van der Waals surface area (Å²) in [5.74, 6) is 1.37. The molecule has 2 N–H and O–H groups in total. The van der Waals surface area contributed by atoms with Gasteiger partial charge < -0.3 is 15.2 Å². The molecule has 188 valence electrons. The van der Waals surface area contributed by atoms with Crippen LogP contribution in [-0.2, 0) is 10.2 Å². The molecule has 5 heteroatoms. The van der Waals surface area contributed by atoms with Gasteiger partial charge in [-0.1, -0.05) is 79.6 Å². The monoisotopic (exact) mass is 484 g/mol. The molecule has 3 aromatic carbocycles. The number of amides is 1. The average molecular weight is 485 g/mol. The summed E-state index contributed by atoms with van der Waals surface area (Å²) in [4.78, 5) is 15.9. The lowest BCUT2D eigenvalue weighted by Gasteiger charge is -2.51. The first-order valence-electron chi connectivity index (χ1n) is 13.0. The van der Waals surface area contributed by atoms with Crippen LogP contribution in [0, 0.1) is 0 Å². The fourth-order valence-corrected chi connectivity index (χ4v) is 6.25. The number of benzene rings is 3. The van der Waals surface area contributed by atoms with Gasteiger partial charge in [-0.15, -0.1) is 0 Å². The molecule has 0 spiro atoms. The molecule has 2 fully saturated rings. The van der Waals surface area contributed by atoms with Crippen molar-refractivity contribution < 1.29 is 14.3 Å². The number of methoxy groups -OCH3 is 1. The maximum Gasteiger partial charge on any atom is 0.232 e. The van der Waals surface area contributed by atoms with Crippen LogP contribution in [-0.4, -0.2) is 42.6 Å². The van der Waals surface area contributed by atoms with E-state index in [9.17, 15) is 4.79 Å². The van der Waals surface area contributed by atoms with Gasteiger partial charge in [0.15, 0.2) is 0 Å². The van der Waals surface area contributed by atoms with Crippen LogP contribution in [0.5, 0.6) is 11.5 Å². The van der Waals surface area contributed by atoms with Crippen molar-refractivity contribution in [3.05, 3.63) is 96.1 Å². The fraction of sp³-hybridized carbons (Fsp3) is 0.387. The number of nitrogens with zero attached hydrogens (tertiary/aromatic N) is 1. The number of carbonyl (C=O) groups excluding carboxylic acids is 1. The first-order chi connectivity index (χ1) is 17.6. The molecule has 1 saturated carbocycles. The molecule has 0 atom stereocenters. The number of primary amides is 1. The van der Waals surface area contributed by atoms with Gasteiger partial charge >= 0.3 is 0 Å². The first-order valence-corrected chi connectivity index (χ1v) is 13.0. The van der Waals surface area contributed by atoms with Gasteiger partial charge in [0.2, 0.25) is 5.91 Å². The summed E-state index contributed by atoms with van der Waals surface area (Å²) in [6.45, 7) is 1.80. The standard InChI is InChI=1S/C31H36N2O3/c1-35-26-15-10-16-27(21-26)36-28-22-33(23-28)30(17-8-9-18-30)19-20-31(29(32)34,24-11-4-2-5-12-24)25-13-6-3-7-14-25/h2-7,10-16,21,28H,8-9,17-20,22-23H2,1H3,(H2,32,34). The van der Waals surface area contributed by atoms with Crippen LogP contribution in [0.1, 0.15) is 49.7 Å². The zero-order chi connectivity index (χ0) is 25.0. The predicted molar refractivity (Wildman–Crippen MR) is 142 cm³/mol. The van der Waals surface area contributed by atoms with Gasteiger partial charge in [-0.05, 0) is 48.9 Å². The van der Waals surface area contributed by atoms with Gasteiger partial charge in [0.05, 0.1) is 12.5 Å². The second kappa shape index (κ2) is 10.4. The van der Waals surface area contributed by atoms with E-state index >= 15 is 0 Å². The fourth-order valence-electron chi connectivity index (χ4n) is 6.25. The Kier molecular flexibility index (Phi) is 7.01. The van der Waals surface area contributed by atoms with E-state index < -0.39 is 5.41 Å². The lowest BCUT2D eigenvalue weighted by molar-refractivity contribution is -0.123. The Bertz CT molecular complexity index is 1110. The van der Waals surface area contributed by atoms with Crippen LogP contribution in [0.4, 0.5) is 0 Å². The number of ether oxygens (including phenoxy) is 2. The van der Waals surface area contributed by atoms with Crippen molar-refractivity contribution in [1.29, 1.82) is 0 Å². The van der Waals surface area contributed by atoms with Gasteiger partial charge in [-0.2, -0.15) is 0 Å². The molecule has 0 radical (unpaired) electrons. The Balaban J connectivity index is 1.35. The predicted octanol–water partition coefficient (Wildman–Crippen LogP) is 5.32. The van der Waals surface area contributed by atoms with Crippen molar-refractivity contribution in [2.24, 2.45) is 5.73 Å². The molecule has 0 aromatic heterocycles. The average Bonchev–Trinajstić information content (AvgIpc) is 3.37. The van der Waals surface area contributed by atoms with Crippen molar-refractivity contribution in [1.82, 2.24) is 4.90 Å². The molecule has 3 aromatic rings. The summed E-state index contributed by atoms with van der Waals surface area (Å²) in [6, 6.07) is 27.9. The molecule has 0 unspecified atom stereocenters. The van der Waals surface area contributed by atoms with Gasteiger partial charge in [0.1, 0.15) is 17.6 Å². The molecule has 1 aliphatic heterocycles. The summed E-state index contributed by atoms with van der Waals surface area (Å²) in [7, 11) is 1.67. The minimum atomic E-state index is -0.848. The van der Waals surface area contributed by atoms with Crippen molar-refractivity contribution >= 4 is 5.91 Å². The maximum atomic E-state index is 13.3. The molecule has 1 saturated heterocycles. The molecule has 5 rings (SSSR count). The molecule has 0 bridgehead atoms. The van der Waals surface area contributed by atoms with E-state index in [4.69, 9.17) is 15.2 Å². The zero-order valence-electron chi connectivity index (χ0n) is 21.1. The van der Waals surface area contributed by atoms with Gasteiger partial charge in [-0.25, -0.2) is 0 Å². The SMILES string of the molecule is COc1cccc(OC2CN(C3(CCC(C(N)=O)(c4ccccc4)c4ccccc4)CCCC3)C2)c1. The van der Waals surface area contributed by atoms with Crippen molar-refractivity contribution in [3.8, 4) is 11.5 Å². The highest BCUT2D eigenvalue weighted by molar-refractivity contribution is 5.90. The van der Waals surface area contributed by atoms with E-state index in [0.717, 1.165) is 55.0 Å². The van der Waals surface area contributed by atoms with Gasteiger partial charge in [0.25, 0.3) is 0 Å². The van der Waals surface area contributed by atoms with Crippen LogP contribution >= 0.6 is 0 Å². The quantitative estimate of drug-likeness (QED) is 0.423. The number of hydrogen-bond acceptors (Lipinski definition) is 4. The van der Waals surface area contributed by atoms with Crippen LogP contribution in [0.25, 0.3) is 0 Å². The molecule has 1 heterocycles. The Morgan fingerprint density at radius 1 is 0.917 bits per heavy atom. The second-order valence-corrected chi connectivity index (χ2v) is 10.3. The number of likely N-dealkylation sites (tertiary alicyclic amines) is 1. The van der Waals surface area contributed by atoms with Crippen LogP contribution in [0.3, 0.4) is 0 Å². The number of carbonyl (C=O) groups is 1. The Morgan fingerprint density at radius 3 is 2.06 bits per heavy atom. The summed E-state index contributed by atoms with van der Waals surface area (Å²) in [5, 5.41) is 0. The summed E-state index contributed by atoms with van der Waals surface area (Å²) < 4.78 is 11.6. The molecule has 1 aliphatic carbocycles. The van der Waals surface area contributed by atoms with Crippen molar-refractivity contribution in [3.63, 3.8) is 0 Å². The lowest BCUT2D eigenvalue weighted by Crippen LogP contribution is -2.63. The molecular weight excluding hydrogens is 448 g/mol. The minimum absolute atomic E-state index is 0.0818. The number of nitrogens with two attached hydrogens (primary N) is 1. The number of rotatable bonds is 10. The van der Waals surface area contributed by atoms with E-state index in [2.05, 4.69) is 4.90 Å². The highest BCUT2D eigenvalue weighted by Gasteiger charge is 2.49. The van der Waals surface area contributed by atoms with Gasteiger partial charge in [-0.3, -0.25) is 9.69 Å². The topological polar surface area (TPSA) is 64.8 Å². The summed E-state index contributed by atoms with van der Waals surface area (Å²) in [6.07, 6.45) is 6.52. The van der Waals surface area contributed by atoms with Crippen LogP contribution in [0.2, 0.25) is 0 Å². The summed E-state index contributed by atoms with van der Waals surface area (Å²) in [5.41, 5.74) is 7.41. The molecule has 1 amide bonds. The highest BCUT2D eigenvalue weighted by atomic mass is 16.5. The minimum Gasteiger partial charge on any atom is -0.497 e. The lowest BCUT2D eigenvalue weighted by atomic mass is 9.68. The smallest absolute Gasteiger partial charge is 0.232 e. The molecular formula is C31H36N2O3. The van der Waals surface area contributed by atoms with Crippen LogP contribution < -0.4 is 15.2 Å². The van der Waals surface area contributed by atoms with Crippen molar-refractivity contribution in [2.45, 2.75) is 55.6 Å². The van der Waals surface area contributed by atoms with Crippen molar-refractivity contribution in [2.75, 3.05) is 20.2 Å². The van der Waals surface area contributed by atoms with Crippen LogP contribution in [0.15, 0.2) is 84.9 Å². The third-order valence-electron chi connectivity index (χ3n) is 8.32. The second-order valence-electron chi connectivity index (χ2n) is 10.3. The van der Waals surface area contributed by atoms with E-state index in [-0.39, 0.29) is 17.6 Å². The molecule has 2 aliphatic rings. The third kappa shape index (κ3) is 4.60. The number of hydrogen-bond donors (Lipinski definition) is 1. The molecule has 5 nitrogen and oxygen atoms in total. The zero-order valence-corrected chi connectivity index (χ0v) is 21.1. The van der Waals surface area contributed by atoms with E-state index in [1.807, 2.05) is 84.9 Å². The summed E-state index contributed by atoms with van der Waals surface area (Å²) >= 11 is 0. The molecule has 36 heavy (non-hydrogen) atoms. The largest absolute Gasteiger partial charge is 0.497 e. The van der Waals surface area contributed by atoms with E-state index in [1.54, 1.807) is 7.11 Å².